The summed E-state index contributed by atoms with van der Waals surface area (Å²) in [5.74, 6) is -0.329. The molecule has 82 valence electrons. The van der Waals surface area contributed by atoms with Crippen molar-refractivity contribution in [3.8, 4) is 0 Å². The number of fused-ring (bicyclic) bond motifs is 1. The lowest BCUT2D eigenvalue weighted by atomic mass is 9.93. The number of hydrogen-bond donors (Lipinski definition) is 4. The van der Waals surface area contributed by atoms with Gasteiger partial charge in [0.2, 0.25) is 0 Å². The molecule has 0 aromatic heterocycles. The third-order valence-electron chi connectivity index (χ3n) is 3.56. The van der Waals surface area contributed by atoms with Crippen LogP contribution in [-0.2, 0) is 0 Å². The first-order valence-electron chi connectivity index (χ1n) is 5.04. The average Bonchev–Trinajstić information content (AvgIpc) is 2.65. The molecular formula is C9H17NO4. The van der Waals surface area contributed by atoms with Crippen LogP contribution < -0.4 is 0 Å². The Kier molecular flexibility index (Phi) is 2.77. The first-order valence-corrected chi connectivity index (χ1v) is 5.04. The lowest BCUT2D eigenvalue weighted by Crippen LogP contribution is -2.39. The predicted octanol–water partition coefficient (Wildman–Crippen LogP) is -2.23. The molecule has 2 rings (SSSR count). The van der Waals surface area contributed by atoms with Crippen LogP contribution in [0.5, 0.6) is 0 Å². The molecule has 0 unspecified atom stereocenters. The van der Waals surface area contributed by atoms with E-state index in [1.165, 1.54) is 0 Å². The van der Waals surface area contributed by atoms with Crippen molar-refractivity contribution in [3.63, 3.8) is 0 Å². The zero-order chi connectivity index (χ0) is 10.3. The summed E-state index contributed by atoms with van der Waals surface area (Å²) in [6, 6.07) is -0.513. The van der Waals surface area contributed by atoms with Gasteiger partial charge < -0.3 is 20.4 Å². The number of hydrogen-bond acceptors (Lipinski definition) is 5. The fourth-order valence-corrected chi connectivity index (χ4v) is 2.85. The fraction of sp³-hybridized carbons (Fsp3) is 1.00. The first-order chi connectivity index (χ1) is 6.70. The topological polar surface area (TPSA) is 84.2 Å². The molecule has 0 aromatic rings. The van der Waals surface area contributed by atoms with Crippen LogP contribution in [0.25, 0.3) is 0 Å². The average molecular weight is 203 g/mol. The van der Waals surface area contributed by atoms with Crippen molar-refractivity contribution >= 4 is 0 Å². The maximum Gasteiger partial charge on any atom is 0.0783 e. The Bertz CT molecular complexity index is 211. The van der Waals surface area contributed by atoms with Gasteiger partial charge in [0.05, 0.1) is 31.5 Å². The minimum Gasteiger partial charge on any atom is -0.396 e. The van der Waals surface area contributed by atoms with E-state index in [4.69, 9.17) is 10.2 Å². The Balaban J connectivity index is 2.20. The minimum absolute atomic E-state index is 0.124. The maximum absolute atomic E-state index is 9.80. The van der Waals surface area contributed by atoms with E-state index in [9.17, 15) is 10.2 Å². The highest BCUT2D eigenvalue weighted by atomic mass is 16.3. The summed E-state index contributed by atoms with van der Waals surface area (Å²) in [5, 5.41) is 37.7. The lowest BCUT2D eigenvalue weighted by Gasteiger charge is -2.23. The highest BCUT2D eigenvalue weighted by molar-refractivity contribution is 5.06. The molecule has 2 aliphatic heterocycles. The zero-order valence-electron chi connectivity index (χ0n) is 7.95. The molecule has 0 saturated carbocycles. The summed E-state index contributed by atoms with van der Waals surface area (Å²) in [4.78, 5) is 1.91. The molecule has 5 atom stereocenters. The normalized spacial score (nSPS) is 48.4. The van der Waals surface area contributed by atoms with E-state index in [0.29, 0.717) is 13.0 Å². The van der Waals surface area contributed by atoms with E-state index >= 15 is 0 Å². The summed E-state index contributed by atoms with van der Waals surface area (Å²) < 4.78 is 0. The van der Waals surface area contributed by atoms with Gasteiger partial charge >= 0.3 is 0 Å². The molecule has 14 heavy (non-hydrogen) atoms. The number of rotatable bonds is 2. The summed E-state index contributed by atoms with van der Waals surface area (Å²) in [6.45, 7) is 0.418. The van der Waals surface area contributed by atoms with Gasteiger partial charge in [-0.2, -0.15) is 0 Å². The van der Waals surface area contributed by atoms with Gasteiger partial charge in [0.15, 0.2) is 0 Å². The molecule has 0 bridgehead atoms. The SMILES string of the molecule is OC[C@H]1[C@H](O)[C@@H](CO)N2CC[C@H](O)[C@H]12. The van der Waals surface area contributed by atoms with Gasteiger partial charge in [-0.3, -0.25) is 4.90 Å². The van der Waals surface area contributed by atoms with Crippen LogP contribution in [0.15, 0.2) is 0 Å². The Morgan fingerprint density at radius 1 is 1.14 bits per heavy atom. The van der Waals surface area contributed by atoms with Crippen molar-refractivity contribution in [1.29, 1.82) is 0 Å². The van der Waals surface area contributed by atoms with Crippen LogP contribution in [0, 0.1) is 5.92 Å². The van der Waals surface area contributed by atoms with Gasteiger partial charge in [-0.25, -0.2) is 0 Å². The summed E-state index contributed by atoms with van der Waals surface area (Å²) in [7, 11) is 0. The molecule has 5 heteroatoms. The van der Waals surface area contributed by atoms with Crippen LogP contribution in [0.2, 0.25) is 0 Å². The van der Waals surface area contributed by atoms with E-state index in [1.807, 2.05) is 4.90 Å². The molecule has 4 N–H and O–H groups in total. The summed E-state index contributed by atoms with van der Waals surface area (Å²) in [5.41, 5.74) is 0. The molecule has 5 nitrogen and oxygen atoms in total. The fourth-order valence-electron chi connectivity index (χ4n) is 2.85. The van der Waals surface area contributed by atoms with E-state index in [2.05, 4.69) is 0 Å². The third-order valence-corrected chi connectivity index (χ3v) is 3.56. The van der Waals surface area contributed by atoms with E-state index in [1.54, 1.807) is 0 Å². The van der Waals surface area contributed by atoms with Crippen molar-refractivity contribution in [2.75, 3.05) is 19.8 Å². The van der Waals surface area contributed by atoms with Crippen molar-refractivity contribution in [2.45, 2.75) is 30.7 Å². The monoisotopic (exact) mass is 203 g/mol. The number of aliphatic hydroxyl groups is 4. The van der Waals surface area contributed by atoms with Gasteiger partial charge in [0.1, 0.15) is 0 Å². The molecule has 0 radical (unpaired) electrons. The Morgan fingerprint density at radius 2 is 1.86 bits per heavy atom. The third kappa shape index (κ3) is 1.28. The Morgan fingerprint density at radius 3 is 2.43 bits per heavy atom. The zero-order valence-corrected chi connectivity index (χ0v) is 7.95. The van der Waals surface area contributed by atoms with E-state index in [0.717, 1.165) is 0 Å². The van der Waals surface area contributed by atoms with Gasteiger partial charge in [0.25, 0.3) is 0 Å². The van der Waals surface area contributed by atoms with Crippen LogP contribution >= 0.6 is 0 Å². The maximum atomic E-state index is 9.80. The van der Waals surface area contributed by atoms with Crippen LogP contribution in [-0.4, -0.2) is 69.4 Å². The van der Waals surface area contributed by atoms with E-state index < -0.39 is 12.2 Å². The number of aliphatic hydroxyl groups excluding tert-OH is 4. The van der Waals surface area contributed by atoms with E-state index in [-0.39, 0.29) is 31.2 Å². The molecule has 2 aliphatic rings. The van der Waals surface area contributed by atoms with Crippen molar-refractivity contribution in [3.05, 3.63) is 0 Å². The number of nitrogens with zero attached hydrogens (tertiary/aromatic N) is 1. The molecule has 2 saturated heterocycles. The van der Waals surface area contributed by atoms with Crippen molar-refractivity contribution in [1.82, 2.24) is 4.90 Å². The summed E-state index contributed by atoms with van der Waals surface area (Å²) >= 11 is 0. The second kappa shape index (κ2) is 3.75. The summed E-state index contributed by atoms with van der Waals surface area (Å²) in [6.07, 6.45) is -0.562. The molecular weight excluding hydrogens is 186 g/mol. The van der Waals surface area contributed by atoms with Gasteiger partial charge in [-0.05, 0) is 6.42 Å². The molecule has 0 amide bonds. The Labute approximate surface area is 82.6 Å². The largest absolute Gasteiger partial charge is 0.396 e. The molecule has 2 heterocycles. The van der Waals surface area contributed by atoms with Crippen LogP contribution in [0.4, 0.5) is 0 Å². The smallest absolute Gasteiger partial charge is 0.0783 e. The highest BCUT2D eigenvalue weighted by Gasteiger charge is 2.52. The molecule has 0 aromatic carbocycles. The van der Waals surface area contributed by atoms with Crippen molar-refractivity contribution in [2.24, 2.45) is 5.92 Å². The Hall–Kier alpha value is -0.200. The van der Waals surface area contributed by atoms with Crippen molar-refractivity contribution < 1.29 is 20.4 Å². The lowest BCUT2D eigenvalue weighted by molar-refractivity contribution is 0.0378. The standard InChI is InChI=1S/C9H17NO4/c11-3-5-8-7(13)1-2-10(8)6(4-12)9(5)14/h5-9,11-14H,1-4H2/t5-,6-,7+,8+,9+/m1/s1. The molecule has 0 aliphatic carbocycles. The second-order valence-electron chi connectivity index (χ2n) is 4.17. The first kappa shape index (κ1) is 10.3. The molecule has 0 spiro atoms. The van der Waals surface area contributed by atoms with Gasteiger partial charge in [-0.15, -0.1) is 0 Å². The quantitative estimate of drug-likeness (QED) is 0.408. The van der Waals surface area contributed by atoms with Gasteiger partial charge in [0, 0.05) is 18.5 Å². The van der Waals surface area contributed by atoms with Crippen LogP contribution in [0.3, 0.4) is 0 Å². The van der Waals surface area contributed by atoms with Gasteiger partial charge in [-0.1, -0.05) is 0 Å². The predicted molar refractivity (Wildman–Crippen MR) is 48.6 cm³/mol. The minimum atomic E-state index is -0.732. The highest BCUT2D eigenvalue weighted by Crippen LogP contribution is 2.37. The second-order valence-corrected chi connectivity index (χ2v) is 4.17. The molecule has 2 fully saturated rings. The van der Waals surface area contributed by atoms with Crippen LogP contribution in [0.1, 0.15) is 6.42 Å².